The van der Waals surface area contributed by atoms with Crippen molar-refractivity contribution in [2.45, 2.75) is 6.92 Å². The highest BCUT2D eigenvalue weighted by Gasteiger charge is 2.14. The third-order valence-corrected chi connectivity index (χ3v) is 2.68. The number of esters is 1. The Kier molecular flexibility index (Phi) is 5.78. The van der Waals surface area contributed by atoms with Gasteiger partial charge in [0.05, 0.1) is 10.6 Å². The molecule has 2 amide bonds. The van der Waals surface area contributed by atoms with Crippen LogP contribution >= 0.6 is 27.5 Å². The Balaban J connectivity index is 2.53. The fourth-order valence-corrected chi connectivity index (χ4v) is 1.61. The van der Waals surface area contributed by atoms with Crippen molar-refractivity contribution in [3.05, 3.63) is 33.3 Å². The van der Waals surface area contributed by atoms with Crippen molar-refractivity contribution in [2.75, 3.05) is 6.61 Å². The van der Waals surface area contributed by atoms with E-state index >= 15 is 0 Å². The second kappa shape index (κ2) is 7.10. The maximum Gasteiger partial charge on any atom is 0.340 e. The third kappa shape index (κ3) is 5.27. The molecule has 0 radical (unpaired) electrons. The zero-order chi connectivity index (χ0) is 14.4. The van der Waals surface area contributed by atoms with Crippen molar-refractivity contribution in [2.24, 2.45) is 0 Å². The van der Waals surface area contributed by atoms with Crippen LogP contribution in [0, 0.1) is 0 Å². The van der Waals surface area contributed by atoms with E-state index in [1.807, 2.05) is 0 Å². The molecule has 6 nitrogen and oxygen atoms in total. The van der Waals surface area contributed by atoms with Gasteiger partial charge < -0.3 is 4.74 Å². The normalized spacial score (nSPS) is 9.63. The summed E-state index contributed by atoms with van der Waals surface area (Å²) in [4.78, 5) is 33.4. The molecule has 8 heteroatoms. The summed E-state index contributed by atoms with van der Waals surface area (Å²) in [6.07, 6.45) is 0. The Morgan fingerprint density at radius 2 is 2.00 bits per heavy atom. The van der Waals surface area contributed by atoms with Crippen molar-refractivity contribution in [3.8, 4) is 0 Å². The molecular formula is C11H10BrClN2O4. The molecule has 0 saturated carbocycles. The molecule has 0 fully saturated rings. The molecule has 19 heavy (non-hydrogen) atoms. The first kappa shape index (κ1) is 15.5. The van der Waals surface area contributed by atoms with Gasteiger partial charge in [0.15, 0.2) is 6.61 Å². The van der Waals surface area contributed by atoms with E-state index in [4.69, 9.17) is 16.3 Å². The Bertz CT molecular complexity index is 521. The number of nitrogens with one attached hydrogen (secondary N) is 2. The van der Waals surface area contributed by atoms with Crippen molar-refractivity contribution < 1.29 is 19.1 Å². The summed E-state index contributed by atoms with van der Waals surface area (Å²) in [7, 11) is 0. The molecule has 0 spiro atoms. The van der Waals surface area contributed by atoms with Gasteiger partial charge >= 0.3 is 5.97 Å². The van der Waals surface area contributed by atoms with Crippen LogP contribution in [0.4, 0.5) is 0 Å². The van der Waals surface area contributed by atoms with Gasteiger partial charge in [0.2, 0.25) is 5.91 Å². The molecule has 1 aromatic carbocycles. The summed E-state index contributed by atoms with van der Waals surface area (Å²) in [5, 5.41) is 0.218. The highest BCUT2D eigenvalue weighted by atomic mass is 79.9. The first-order chi connectivity index (χ1) is 8.90. The monoisotopic (exact) mass is 348 g/mol. The molecule has 0 aliphatic carbocycles. The molecule has 0 bridgehead atoms. The number of hydrogen-bond donors (Lipinski definition) is 2. The largest absolute Gasteiger partial charge is 0.452 e. The van der Waals surface area contributed by atoms with Crippen LogP contribution in [-0.4, -0.2) is 24.4 Å². The molecule has 0 saturated heterocycles. The van der Waals surface area contributed by atoms with E-state index in [0.29, 0.717) is 4.47 Å². The fraction of sp³-hybridized carbons (Fsp3) is 0.182. The van der Waals surface area contributed by atoms with Crippen LogP contribution < -0.4 is 10.9 Å². The van der Waals surface area contributed by atoms with Crippen LogP contribution in [0.15, 0.2) is 22.7 Å². The van der Waals surface area contributed by atoms with Crippen LogP contribution in [0.25, 0.3) is 0 Å². The highest BCUT2D eigenvalue weighted by molar-refractivity contribution is 9.10. The maximum absolute atomic E-state index is 11.7. The van der Waals surface area contributed by atoms with Gasteiger partial charge in [-0.3, -0.25) is 20.4 Å². The van der Waals surface area contributed by atoms with Crippen LogP contribution in [0.3, 0.4) is 0 Å². The van der Waals surface area contributed by atoms with E-state index in [1.54, 1.807) is 6.07 Å². The Hall–Kier alpha value is -1.60. The second-order valence-electron chi connectivity index (χ2n) is 3.43. The predicted octanol–water partition coefficient (Wildman–Crippen LogP) is 1.43. The maximum atomic E-state index is 11.7. The molecule has 0 unspecified atom stereocenters. The first-order valence-corrected chi connectivity index (χ1v) is 6.25. The van der Waals surface area contributed by atoms with E-state index < -0.39 is 24.4 Å². The zero-order valence-electron chi connectivity index (χ0n) is 9.83. The van der Waals surface area contributed by atoms with E-state index in [-0.39, 0.29) is 10.6 Å². The number of benzene rings is 1. The van der Waals surface area contributed by atoms with Crippen LogP contribution in [0.2, 0.25) is 5.02 Å². The summed E-state index contributed by atoms with van der Waals surface area (Å²) in [5.41, 5.74) is 4.26. The van der Waals surface area contributed by atoms with Gasteiger partial charge in [-0.15, -0.1) is 0 Å². The fourth-order valence-electron chi connectivity index (χ4n) is 1.06. The summed E-state index contributed by atoms with van der Waals surface area (Å²) in [6, 6.07) is 4.68. The Morgan fingerprint density at radius 3 is 2.63 bits per heavy atom. The molecule has 0 aromatic heterocycles. The third-order valence-electron chi connectivity index (χ3n) is 1.86. The van der Waals surface area contributed by atoms with Crippen molar-refractivity contribution >= 4 is 45.3 Å². The molecule has 0 atom stereocenters. The van der Waals surface area contributed by atoms with E-state index in [9.17, 15) is 14.4 Å². The number of hydrogen-bond acceptors (Lipinski definition) is 4. The van der Waals surface area contributed by atoms with Gasteiger partial charge in [-0.25, -0.2) is 4.79 Å². The lowest BCUT2D eigenvalue weighted by molar-refractivity contribution is -0.129. The molecular weight excluding hydrogens is 339 g/mol. The lowest BCUT2D eigenvalue weighted by atomic mass is 10.2. The van der Waals surface area contributed by atoms with Gasteiger partial charge in [-0.05, 0) is 18.2 Å². The standard InChI is InChI=1S/C11H10BrClN2O4/c1-6(16)14-15-10(17)5-19-11(18)8-4-7(12)2-3-9(8)13/h2-4H,5H2,1H3,(H,14,16)(H,15,17). The Labute approximate surface area is 122 Å². The minimum Gasteiger partial charge on any atom is -0.452 e. The predicted molar refractivity (Wildman–Crippen MR) is 71.4 cm³/mol. The van der Waals surface area contributed by atoms with Gasteiger partial charge in [0.1, 0.15) is 0 Å². The molecule has 0 aliphatic heterocycles. The van der Waals surface area contributed by atoms with Gasteiger partial charge in [-0.2, -0.15) is 0 Å². The first-order valence-electron chi connectivity index (χ1n) is 5.07. The molecule has 1 aromatic rings. The van der Waals surface area contributed by atoms with E-state index in [0.717, 1.165) is 0 Å². The molecule has 0 heterocycles. The summed E-state index contributed by atoms with van der Waals surface area (Å²) in [5.74, 6) is -1.83. The second-order valence-corrected chi connectivity index (χ2v) is 4.75. The Morgan fingerprint density at radius 1 is 1.32 bits per heavy atom. The van der Waals surface area contributed by atoms with Crippen LogP contribution in [0.5, 0.6) is 0 Å². The average Bonchev–Trinajstić information content (AvgIpc) is 2.36. The minimum atomic E-state index is -0.732. The summed E-state index contributed by atoms with van der Waals surface area (Å²) < 4.78 is 5.41. The van der Waals surface area contributed by atoms with Gasteiger partial charge in [-0.1, -0.05) is 27.5 Å². The molecule has 102 valence electrons. The number of rotatable bonds is 3. The number of carbonyl (C=O) groups is 3. The number of halogens is 2. The zero-order valence-corrected chi connectivity index (χ0v) is 12.2. The summed E-state index contributed by atoms with van der Waals surface area (Å²) >= 11 is 9.02. The topological polar surface area (TPSA) is 84.5 Å². The summed E-state index contributed by atoms with van der Waals surface area (Å²) in [6.45, 7) is 0.704. The number of carbonyl (C=O) groups excluding carboxylic acids is 3. The van der Waals surface area contributed by atoms with E-state index in [1.165, 1.54) is 19.1 Å². The van der Waals surface area contributed by atoms with Crippen molar-refractivity contribution in [3.63, 3.8) is 0 Å². The lowest BCUT2D eigenvalue weighted by Gasteiger charge is -2.07. The van der Waals surface area contributed by atoms with Crippen LogP contribution in [0.1, 0.15) is 17.3 Å². The van der Waals surface area contributed by atoms with Crippen molar-refractivity contribution in [1.29, 1.82) is 0 Å². The van der Waals surface area contributed by atoms with Crippen molar-refractivity contribution in [1.82, 2.24) is 10.9 Å². The lowest BCUT2D eigenvalue weighted by Crippen LogP contribution is -2.42. The minimum absolute atomic E-state index is 0.142. The molecule has 2 N–H and O–H groups in total. The molecule has 1 rings (SSSR count). The van der Waals surface area contributed by atoms with Gasteiger partial charge in [0.25, 0.3) is 5.91 Å². The van der Waals surface area contributed by atoms with Gasteiger partial charge in [0, 0.05) is 11.4 Å². The van der Waals surface area contributed by atoms with Crippen LogP contribution in [-0.2, 0) is 14.3 Å². The SMILES string of the molecule is CC(=O)NNC(=O)COC(=O)c1cc(Br)ccc1Cl. The molecule has 0 aliphatic rings. The highest BCUT2D eigenvalue weighted by Crippen LogP contribution is 2.21. The quantitative estimate of drug-likeness (QED) is 0.638. The number of hydrazine groups is 1. The number of ether oxygens (including phenoxy) is 1. The number of amides is 2. The van der Waals surface area contributed by atoms with E-state index in [2.05, 4.69) is 26.8 Å². The smallest absolute Gasteiger partial charge is 0.340 e. The average molecular weight is 350 g/mol.